The van der Waals surface area contributed by atoms with Gasteiger partial charge in [-0.1, -0.05) is 6.07 Å². The molecule has 0 heterocycles. The number of alkyl carbamates (subject to hydrolysis) is 1. The molecule has 1 rings (SSSR count). The minimum absolute atomic E-state index is 0.206. The lowest BCUT2D eigenvalue weighted by Crippen LogP contribution is -2.35. The fourth-order valence-electron chi connectivity index (χ4n) is 1.67. The first-order valence-corrected chi connectivity index (χ1v) is 6.74. The Morgan fingerprint density at radius 1 is 1.24 bits per heavy atom. The number of anilines is 1. The zero-order valence-electron chi connectivity index (χ0n) is 12.8. The van der Waals surface area contributed by atoms with Gasteiger partial charge in [0.2, 0.25) is 0 Å². The summed E-state index contributed by atoms with van der Waals surface area (Å²) in [5.74, 6) is -0.988. The summed E-state index contributed by atoms with van der Waals surface area (Å²) >= 11 is 0. The van der Waals surface area contributed by atoms with Crippen LogP contribution in [0.4, 0.5) is 10.5 Å². The Bertz CT molecular complexity index is 521. The third kappa shape index (κ3) is 6.16. The van der Waals surface area contributed by atoms with Crippen LogP contribution in [0.15, 0.2) is 18.2 Å². The second kappa shape index (κ2) is 6.97. The number of carboxylic acids is 1. The van der Waals surface area contributed by atoms with Crippen LogP contribution >= 0.6 is 0 Å². The number of nitrogens with one attached hydrogen (secondary N) is 2. The van der Waals surface area contributed by atoms with Crippen LogP contribution in [-0.4, -0.2) is 35.9 Å². The number of hydrogen-bond acceptors (Lipinski definition) is 4. The number of aryl methyl sites for hydroxylation is 1. The lowest BCUT2D eigenvalue weighted by molar-refractivity contribution is 0.0529. The summed E-state index contributed by atoms with van der Waals surface area (Å²) in [7, 11) is 0. The minimum Gasteiger partial charge on any atom is -0.478 e. The van der Waals surface area contributed by atoms with Gasteiger partial charge in [0.05, 0.1) is 5.56 Å². The number of carbonyl (C=O) groups is 2. The molecule has 0 aliphatic heterocycles. The third-order valence-electron chi connectivity index (χ3n) is 2.51. The highest BCUT2D eigenvalue weighted by molar-refractivity contribution is 5.94. The van der Waals surface area contributed by atoms with Crippen LogP contribution in [0.1, 0.15) is 36.7 Å². The summed E-state index contributed by atoms with van der Waals surface area (Å²) in [5, 5.41) is 14.7. The molecule has 3 N–H and O–H groups in total. The normalized spacial score (nSPS) is 10.9. The van der Waals surface area contributed by atoms with E-state index in [0.29, 0.717) is 18.8 Å². The highest BCUT2D eigenvalue weighted by Gasteiger charge is 2.15. The predicted octanol–water partition coefficient (Wildman–Crippen LogP) is 2.63. The van der Waals surface area contributed by atoms with Crippen LogP contribution in [0.25, 0.3) is 0 Å². The van der Waals surface area contributed by atoms with E-state index >= 15 is 0 Å². The van der Waals surface area contributed by atoms with E-state index < -0.39 is 17.7 Å². The molecule has 0 spiro atoms. The Labute approximate surface area is 124 Å². The number of hydrogen-bond donors (Lipinski definition) is 3. The Balaban J connectivity index is 2.48. The van der Waals surface area contributed by atoms with Crippen molar-refractivity contribution in [1.29, 1.82) is 0 Å². The lowest BCUT2D eigenvalue weighted by atomic mass is 10.1. The Morgan fingerprint density at radius 3 is 2.48 bits per heavy atom. The summed E-state index contributed by atoms with van der Waals surface area (Å²) in [4.78, 5) is 22.5. The van der Waals surface area contributed by atoms with E-state index in [4.69, 9.17) is 9.84 Å². The molecule has 0 saturated heterocycles. The van der Waals surface area contributed by atoms with Gasteiger partial charge in [0, 0.05) is 18.8 Å². The number of carboxylic acid groups (broad SMARTS) is 1. The van der Waals surface area contributed by atoms with Crippen LogP contribution in [0.5, 0.6) is 0 Å². The van der Waals surface area contributed by atoms with E-state index in [2.05, 4.69) is 10.6 Å². The van der Waals surface area contributed by atoms with E-state index in [1.165, 1.54) is 0 Å². The van der Waals surface area contributed by atoms with Gasteiger partial charge < -0.3 is 20.5 Å². The van der Waals surface area contributed by atoms with Crippen molar-refractivity contribution in [2.24, 2.45) is 0 Å². The smallest absolute Gasteiger partial charge is 0.407 e. The quantitative estimate of drug-likeness (QED) is 0.727. The number of aromatic carboxylic acids is 1. The van der Waals surface area contributed by atoms with Crippen LogP contribution in [0, 0.1) is 6.92 Å². The van der Waals surface area contributed by atoms with E-state index in [9.17, 15) is 9.59 Å². The van der Waals surface area contributed by atoms with E-state index in [1.54, 1.807) is 39.0 Å². The van der Waals surface area contributed by atoms with E-state index in [-0.39, 0.29) is 5.56 Å². The second-order valence-electron chi connectivity index (χ2n) is 5.71. The SMILES string of the molecule is Cc1ccc(C(=O)O)c(NCCNC(=O)OC(C)(C)C)c1. The van der Waals surface area contributed by atoms with Crippen molar-refractivity contribution in [2.45, 2.75) is 33.3 Å². The van der Waals surface area contributed by atoms with Gasteiger partial charge in [-0.2, -0.15) is 0 Å². The summed E-state index contributed by atoms with van der Waals surface area (Å²) < 4.78 is 5.10. The Kier molecular flexibility index (Phi) is 5.58. The minimum atomic E-state index is -0.988. The Morgan fingerprint density at radius 2 is 1.90 bits per heavy atom. The average molecular weight is 294 g/mol. The highest BCUT2D eigenvalue weighted by Crippen LogP contribution is 2.17. The molecule has 0 aliphatic carbocycles. The predicted molar refractivity (Wildman–Crippen MR) is 80.9 cm³/mol. The maximum atomic E-state index is 11.4. The molecule has 21 heavy (non-hydrogen) atoms. The molecule has 0 fully saturated rings. The van der Waals surface area contributed by atoms with Gasteiger partial charge in [0.1, 0.15) is 5.60 Å². The van der Waals surface area contributed by atoms with E-state index in [1.807, 2.05) is 6.92 Å². The van der Waals surface area contributed by atoms with Crippen LogP contribution in [-0.2, 0) is 4.74 Å². The van der Waals surface area contributed by atoms with Gasteiger partial charge in [0.15, 0.2) is 0 Å². The molecule has 116 valence electrons. The van der Waals surface area contributed by atoms with Crippen molar-refractivity contribution >= 4 is 17.7 Å². The number of amides is 1. The van der Waals surface area contributed by atoms with Crippen molar-refractivity contribution in [3.63, 3.8) is 0 Å². The molecule has 1 aromatic carbocycles. The van der Waals surface area contributed by atoms with Crippen molar-refractivity contribution in [1.82, 2.24) is 5.32 Å². The van der Waals surface area contributed by atoms with Gasteiger partial charge in [-0.15, -0.1) is 0 Å². The topological polar surface area (TPSA) is 87.7 Å². The van der Waals surface area contributed by atoms with Gasteiger partial charge in [-0.3, -0.25) is 0 Å². The van der Waals surface area contributed by atoms with Gasteiger partial charge in [-0.25, -0.2) is 9.59 Å². The van der Waals surface area contributed by atoms with Crippen molar-refractivity contribution in [2.75, 3.05) is 18.4 Å². The molecular formula is C15H22N2O4. The van der Waals surface area contributed by atoms with Crippen molar-refractivity contribution in [3.05, 3.63) is 29.3 Å². The van der Waals surface area contributed by atoms with Crippen LogP contribution < -0.4 is 10.6 Å². The lowest BCUT2D eigenvalue weighted by Gasteiger charge is -2.19. The molecule has 0 aliphatic rings. The molecule has 0 aromatic heterocycles. The van der Waals surface area contributed by atoms with Crippen LogP contribution in [0.3, 0.4) is 0 Å². The van der Waals surface area contributed by atoms with E-state index in [0.717, 1.165) is 5.56 Å². The Hall–Kier alpha value is -2.24. The first-order valence-electron chi connectivity index (χ1n) is 6.74. The molecule has 0 radical (unpaired) electrons. The van der Waals surface area contributed by atoms with Crippen molar-refractivity contribution in [3.8, 4) is 0 Å². The van der Waals surface area contributed by atoms with Crippen LogP contribution in [0.2, 0.25) is 0 Å². The zero-order valence-corrected chi connectivity index (χ0v) is 12.8. The first-order chi connectivity index (χ1) is 9.69. The molecule has 1 aromatic rings. The summed E-state index contributed by atoms with van der Waals surface area (Å²) in [6.07, 6.45) is -0.494. The first kappa shape index (κ1) is 16.8. The third-order valence-corrected chi connectivity index (χ3v) is 2.51. The number of rotatable bonds is 5. The average Bonchev–Trinajstić information content (AvgIpc) is 2.32. The second-order valence-corrected chi connectivity index (χ2v) is 5.71. The maximum absolute atomic E-state index is 11.4. The van der Waals surface area contributed by atoms with Gasteiger partial charge in [0.25, 0.3) is 0 Å². The molecule has 0 atom stereocenters. The molecule has 6 heteroatoms. The number of benzene rings is 1. The summed E-state index contributed by atoms with van der Waals surface area (Å²) in [6, 6.07) is 5.06. The maximum Gasteiger partial charge on any atom is 0.407 e. The molecular weight excluding hydrogens is 272 g/mol. The molecule has 0 bridgehead atoms. The van der Waals surface area contributed by atoms with Crippen molar-refractivity contribution < 1.29 is 19.4 Å². The fourth-order valence-corrected chi connectivity index (χ4v) is 1.67. The molecule has 0 unspecified atom stereocenters. The van der Waals surface area contributed by atoms with Gasteiger partial charge in [-0.05, 0) is 45.4 Å². The number of carbonyl (C=O) groups excluding carboxylic acids is 1. The monoisotopic (exact) mass is 294 g/mol. The number of ether oxygens (including phenoxy) is 1. The fraction of sp³-hybridized carbons (Fsp3) is 0.467. The highest BCUT2D eigenvalue weighted by atomic mass is 16.6. The molecule has 1 amide bonds. The summed E-state index contributed by atoms with van der Waals surface area (Å²) in [5.41, 5.74) is 1.17. The summed E-state index contributed by atoms with van der Waals surface area (Å²) in [6.45, 7) is 7.99. The van der Waals surface area contributed by atoms with Gasteiger partial charge >= 0.3 is 12.1 Å². The zero-order chi connectivity index (χ0) is 16.0. The largest absolute Gasteiger partial charge is 0.478 e. The standard InChI is InChI=1S/C15H22N2O4/c1-10-5-6-11(13(18)19)12(9-10)16-7-8-17-14(20)21-15(2,3)4/h5-6,9,16H,7-8H2,1-4H3,(H,17,20)(H,18,19). The molecule has 0 saturated carbocycles. The molecule has 6 nitrogen and oxygen atoms in total.